The van der Waals surface area contributed by atoms with Gasteiger partial charge in [-0.15, -0.1) is 0 Å². The van der Waals surface area contributed by atoms with E-state index in [2.05, 4.69) is 0 Å². The molecule has 0 unspecified atom stereocenters. The van der Waals surface area contributed by atoms with E-state index in [1.165, 1.54) is 0 Å². The second kappa shape index (κ2) is 31.4. The van der Waals surface area contributed by atoms with Gasteiger partial charge in [-0.3, -0.25) is 0 Å². The molecule has 3 nitrogen and oxygen atoms in total. The van der Waals surface area contributed by atoms with Gasteiger partial charge >= 0.3 is 37.7 Å². The fourth-order valence-electron chi connectivity index (χ4n) is 0. The molecule has 28 valence electrons. The van der Waals surface area contributed by atoms with Crippen molar-refractivity contribution in [3.05, 3.63) is 0 Å². The van der Waals surface area contributed by atoms with Gasteiger partial charge in [-0.05, 0) is 0 Å². The van der Waals surface area contributed by atoms with Crippen molar-refractivity contribution < 1.29 is 19.3 Å². The van der Waals surface area contributed by atoms with Gasteiger partial charge in [0.1, 0.15) is 0 Å². The molecule has 0 saturated heterocycles. The van der Waals surface area contributed by atoms with Gasteiger partial charge < -0.3 is 19.3 Å². The van der Waals surface area contributed by atoms with E-state index in [0.29, 0.717) is 0 Å². The quantitative estimate of drug-likeness (QED) is 0.295. The van der Waals surface area contributed by atoms with Gasteiger partial charge in [0.05, 0.1) is 0 Å². The largest absolute Gasteiger partial charge is 2.00 e. The van der Waals surface area contributed by atoms with Crippen LogP contribution in [0.3, 0.4) is 0 Å². The van der Waals surface area contributed by atoms with Crippen molar-refractivity contribution in [1.82, 2.24) is 0 Å². The molecule has 4 heteroatoms. The van der Waals surface area contributed by atoms with E-state index >= 15 is 0 Å². The summed E-state index contributed by atoms with van der Waals surface area (Å²) in [5, 5.41) is 0. The van der Waals surface area contributed by atoms with Crippen molar-refractivity contribution in [3.8, 4) is 0 Å². The molecule has 0 atom stereocenters. The van der Waals surface area contributed by atoms with E-state index in [1.807, 2.05) is 0 Å². The normalized spacial score (nSPS) is 0. The maximum Gasteiger partial charge on any atom is 2.00 e. The zero-order chi connectivity index (χ0) is 0. The molecule has 6 N–H and O–H groups in total. The molecular formula is H8CaO3. The van der Waals surface area contributed by atoms with Crippen LogP contribution in [-0.4, -0.2) is 54.2 Å². The zero-order valence-electron chi connectivity index (χ0n) is 4.21. The fraction of sp³-hybridized carbons (Fsp3) is 0. The Morgan fingerprint density at radius 3 is 0.750 bits per heavy atom. The molecule has 0 aliphatic rings. The molecule has 0 radical (unpaired) electrons. The van der Waals surface area contributed by atoms with Crippen LogP contribution in [0.4, 0.5) is 0 Å². The first-order chi connectivity index (χ1) is 0. The molecular weight excluding hydrogens is 88.1 g/mol. The van der Waals surface area contributed by atoms with E-state index in [4.69, 9.17) is 0 Å². The van der Waals surface area contributed by atoms with Gasteiger partial charge in [0.2, 0.25) is 0 Å². The van der Waals surface area contributed by atoms with E-state index in [-0.39, 0.29) is 57.0 Å². The number of hydrogen-bond acceptors (Lipinski definition) is 0. The number of rotatable bonds is 0. The summed E-state index contributed by atoms with van der Waals surface area (Å²) in [4.78, 5) is 0. The van der Waals surface area contributed by atoms with Gasteiger partial charge in [0, 0.05) is 0 Å². The second-order valence-corrected chi connectivity index (χ2v) is 0. The van der Waals surface area contributed by atoms with Crippen LogP contribution in [0.25, 0.3) is 0 Å². The smallest absolute Gasteiger partial charge is 1.00 e. The van der Waals surface area contributed by atoms with Crippen molar-refractivity contribution in [3.63, 3.8) is 0 Å². The van der Waals surface area contributed by atoms with Crippen molar-refractivity contribution in [2.75, 3.05) is 0 Å². The third-order valence-electron chi connectivity index (χ3n) is 0. The molecule has 0 amide bonds. The first-order valence-electron chi connectivity index (χ1n) is 0. The maximum atomic E-state index is 0. The Morgan fingerprint density at radius 2 is 0.750 bits per heavy atom. The molecule has 0 bridgehead atoms. The summed E-state index contributed by atoms with van der Waals surface area (Å²) in [6.45, 7) is 0. The van der Waals surface area contributed by atoms with E-state index in [0.717, 1.165) is 0 Å². The predicted octanol–water partition coefficient (Wildman–Crippen LogP) is -2.63. The summed E-state index contributed by atoms with van der Waals surface area (Å²) in [7, 11) is 0. The van der Waals surface area contributed by atoms with Crippen LogP contribution in [0, 0.1) is 0 Å². The molecule has 0 rings (SSSR count). The van der Waals surface area contributed by atoms with Gasteiger partial charge in [0.25, 0.3) is 0 Å². The fourth-order valence-corrected chi connectivity index (χ4v) is 0. The molecule has 0 fully saturated rings. The van der Waals surface area contributed by atoms with Crippen LogP contribution >= 0.6 is 0 Å². The first-order valence-corrected chi connectivity index (χ1v) is 0. The minimum absolute atomic E-state index is 0. The Kier molecular flexibility index (Phi) is 533. The minimum atomic E-state index is 0. The standard InChI is InChI=1S/Ca.3H2O.2H/h;3*1H2;;/q+2;;;;2*-1. The predicted molar refractivity (Wildman–Crippen MR) is 18.8 cm³/mol. The molecule has 0 saturated carbocycles. The molecule has 0 aliphatic heterocycles. The van der Waals surface area contributed by atoms with Crippen molar-refractivity contribution in [2.45, 2.75) is 0 Å². The Bertz CT molecular complexity index is 8.75. The molecule has 0 aromatic heterocycles. The molecule has 0 aromatic rings. The summed E-state index contributed by atoms with van der Waals surface area (Å²) >= 11 is 0. The van der Waals surface area contributed by atoms with Crippen LogP contribution in [0.1, 0.15) is 2.85 Å². The Balaban J connectivity index is 0. The third-order valence-corrected chi connectivity index (χ3v) is 0. The van der Waals surface area contributed by atoms with Crippen LogP contribution in [0.2, 0.25) is 0 Å². The Labute approximate surface area is 56.9 Å². The van der Waals surface area contributed by atoms with E-state index in [1.54, 1.807) is 0 Å². The van der Waals surface area contributed by atoms with Crippen molar-refractivity contribution >= 4 is 37.7 Å². The van der Waals surface area contributed by atoms with Crippen molar-refractivity contribution in [1.29, 1.82) is 0 Å². The molecule has 0 heterocycles. The monoisotopic (exact) mass is 96.0 g/mol. The van der Waals surface area contributed by atoms with Crippen LogP contribution in [0.5, 0.6) is 0 Å². The van der Waals surface area contributed by atoms with Crippen molar-refractivity contribution in [2.24, 2.45) is 0 Å². The topological polar surface area (TPSA) is 94.5 Å². The summed E-state index contributed by atoms with van der Waals surface area (Å²) in [5.41, 5.74) is 0. The summed E-state index contributed by atoms with van der Waals surface area (Å²) in [6.07, 6.45) is 0. The van der Waals surface area contributed by atoms with Gasteiger partial charge in [-0.2, -0.15) is 0 Å². The Hall–Kier alpha value is 1.14. The van der Waals surface area contributed by atoms with E-state index < -0.39 is 0 Å². The summed E-state index contributed by atoms with van der Waals surface area (Å²) < 4.78 is 0. The van der Waals surface area contributed by atoms with Crippen LogP contribution in [0.15, 0.2) is 0 Å². The minimum Gasteiger partial charge on any atom is -1.00 e. The zero-order valence-corrected chi connectivity index (χ0v) is 4.42. The summed E-state index contributed by atoms with van der Waals surface area (Å²) in [6, 6.07) is 0. The first kappa shape index (κ1) is 67.8. The molecule has 0 spiro atoms. The molecule has 4 heavy (non-hydrogen) atoms. The molecule has 0 aliphatic carbocycles. The number of hydrogen-bond donors (Lipinski definition) is 0. The SMILES string of the molecule is O.O.O.[Ca+2].[H-].[H-]. The average molecular weight is 96.1 g/mol. The van der Waals surface area contributed by atoms with E-state index in [9.17, 15) is 0 Å². The Morgan fingerprint density at radius 1 is 0.750 bits per heavy atom. The van der Waals surface area contributed by atoms with Gasteiger partial charge in [-0.25, -0.2) is 0 Å². The van der Waals surface area contributed by atoms with Crippen LogP contribution in [-0.2, 0) is 0 Å². The van der Waals surface area contributed by atoms with Gasteiger partial charge in [-0.1, -0.05) is 0 Å². The van der Waals surface area contributed by atoms with Crippen LogP contribution < -0.4 is 0 Å². The van der Waals surface area contributed by atoms with Gasteiger partial charge in [0.15, 0.2) is 0 Å². The third kappa shape index (κ3) is 11.1. The molecule has 0 aromatic carbocycles. The maximum absolute atomic E-state index is 0. The average Bonchev–Trinajstić information content (AvgIpc) is 0. The summed E-state index contributed by atoms with van der Waals surface area (Å²) in [5.74, 6) is 0. The second-order valence-electron chi connectivity index (χ2n) is 0.